The Bertz CT molecular complexity index is 719. The number of nitrogens with zero attached hydrogens (tertiary/aromatic N) is 3. The van der Waals surface area contributed by atoms with Crippen molar-refractivity contribution in [2.75, 3.05) is 26.7 Å². The van der Waals surface area contributed by atoms with Crippen molar-refractivity contribution in [2.45, 2.75) is 31.5 Å². The van der Waals surface area contributed by atoms with E-state index in [0.717, 1.165) is 44.1 Å². The maximum atomic E-state index is 12.9. The lowest BCUT2D eigenvalue weighted by molar-refractivity contribution is -0.138. The van der Waals surface area contributed by atoms with E-state index < -0.39 is 0 Å². The topological polar surface area (TPSA) is 58.8 Å². The summed E-state index contributed by atoms with van der Waals surface area (Å²) in [6.45, 7) is 3.31. The fourth-order valence-corrected chi connectivity index (χ4v) is 4.35. The fraction of sp³-hybridized carbons (Fsp3) is 0.500. The molecule has 0 radical (unpaired) electrons. The highest BCUT2D eigenvalue weighted by molar-refractivity contribution is 5.79. The predicted octanol–water partition coefficient (Wildman–Crippen LogP) is 1.96. The van der Waals surface area contributed by atoms with Crippen molar-refractivity contribution in [3.05, 3.63) is 54.2 Å². The van der Waals surface area contributed by atoms with Crippen molar-refractivity contribution in [3.8, 4) is 0 Å². The van der Waals surface area contributed by atoms with Crippen molar-refractivity contribution in [1.82, 2.24) is 14.8 Å². The van der Waals surface area contributed by atoms with E-state index in [1.165, 1.54) is 0 Å². The minimum Gasteiger partial charge on any atom is -0.468 e. The van der Waals surface area contributed by atoms with Crippen LogP contribution < -0.4 is 0 Å². The quantitative estimate of drug-likeness (QED) is 0.821. The number of hydrogen-bond acceptors (Lipinski definition) is 5. The lowest BCUT2D eigenvalue weighted by atomic mass is 9.88. The van der Waals surface area contributed by atoms with Gasteiger partial charge in [0.2, 0.25) is 5.91 Å². The van der Waals surface area contributed by atoms with E-state index in [0.29, 0.717) is 12.3 Å². The minimum absolute atomic E-state index is 0.160. The molecule has 2 fully saturated rings. The average Bonchev–Trinajstić information content (AvgIpc) is 3.31. The molecule has 26 heavy (non-hydrogen) atoms. The molecule has 6 heteroatoms. The van der Waals surface area contributed by atoms with Gasteiger partial charge in [-0.1, -0.05) is 6.07 Å². The number of fused-ring (bicyclic) bond motifs is 1. The molecule has 2 aromatic heterocycles. The predicted molar refractivity (Wildman–Crippen MR) is 96.3 cm³/mol. The van der Waals surface area contributed by atoms with Crippen molar-refractivity contribution in [1.29, 1.82) is 0 Å². The summed E-state index contributed by atoms with van der Waals surface area (Å²) in [6.07, 6.45) is 4.91. The molecule has 2 aliphatic rings. The number of likely N-dealkylation sites (tertiary alicyclic amines) is 2. The van der Waals surface area contributed by atoms with Crippen LogP contribution in [-0.4, -0.2) is 59.6 Å². The summed E-state index contributed by atoms with van der Waals surface area (Å²) < 4.78 is 11.2. The van der Waals surface area contributed by atoms with Gasteiger partial charge < -0.3 is 14.1 Å². The maximum Gasteiger partial charge on any atom is 0.228 e. The van der Waals surface area contributed by atoms with Gasteiger partial charge in [0.15, 0.2) is 0 Å². The summed E-state index contributed by atoms with van der Waals surface area (Å²) in [5.74, 6) is 1.47. The van der Waals surface area contributed by atoms with Crippen LogP contribution in [0.15, 0.2) is 47.2 Å². The number of pyridine rings is 1. The SMILES string of the molecule is CO[C@@H]1CCN(C(=O)Cc2ccccn2)[C@H]2CN(Cc3ccco3)C[C@@H]12. The van der Waals surface area contributed by atoms with Crippen LogP contribution in [0.2, 0.25) is 0 Å². The van der Waals surface area contributed by atoms with Gasteiger partial charge in [0.1, 0.15) is 5.76 Å². The van der Waals surface area contributed by atoms with Gasteiger partial charge in [-0.2, -0.15) is 0 Å². The zero-order chi connectivity index (χ0) is 17.9. The molecule has 138 valence electrons. The Labute approximate surface area is 153 Å². The van der Waals surface area contributed by atoms with Crippen molar-refractivity contribution in [2.24, 2.45) is 5.92 Å². The van der Waals surface area contributed by atoms with Gasteiger partial charge in [-0.15, -0.1) is 0 Å². The molecule has 0 unspecified atom stereocenters. The second-order valence-corrected chi connectivity index (χ2v) is 7.15. The molecule has 2 aliphatic heterocycles. The van der Waals surface area contributed by atoms with Crippen molar-refractivity contribution in [3.63, 3.8) is 0 Å². The van der Waals surface area contributed by atoms with Crippen LogP contribution in [0.1, 0.15) is 17.9 Å². The van der Waals surface area contributed by atoms with Crippen LogP contribution in [0.5, 0.6) is 0 Å². The number of rotatable bonds is 5. The van der Waals surface area contributed by atoms with Crippen LogP contribution in [0.4, 0.5) is 0 Å². The van der Waals surface area contributed by atoms with E-state index in [1.807, 2.05) is 30.3 Å². The van der Waals surface area contributed by atoms with Gasteiger partial charge in [-0.05, 0) is 30.7 Å². The summed E-state index contributed by atoms with van der Waals surface area (Å²) >= 11 is 0. The van der Waals surface area contributed by atoms with Crippen molar-refractivity contribution >= 4 is 5.91 Å². The first-order valence-electron chi connectivity index (χ1n) is 9.21. The zero-order valence-electron chi connectivity index (χ0n) is 15.1. The van der Waals surface area contributed by atoms with Crippen LogP contribution in [0, 0.1) is 5.92 Å². The number of amides is 1. The summed E-state index contributed by atoms with van der Waals surface area (Å²) in [5.41, 5.74) is 0.827. The number of carbonyl (C=O) groups excluding carboxylic acids is 1. The van der Waals surface area contributed by atoms with Gasteiger partial charge in [0.25, 0.3) is 0 Å². The van der Waals surface area contributed by atoms with E-state index in [2.05, 4.69) is 14.8 Å². The van der Waals surface area contributed by atoms with E-state index in [1.54, 1.807) is 19.6 Å². The number of aromatic nitrogens is 1. The van der Waals surface area contributed by atoms with E-state index in [9.17, 15) is 4.79 Å². The monoisotopic (exact) mass is 355 g/mol. The molecule has 6 nitrogen and oxygen atoms in total. The smallest absolute Gasteiger partial charge is 0.228 e. The Morgan fingerprint density at radius 1 is 1.31 bits per heavy atom. The van der Waals surface area contributed by atoms with Crippen molar-refractivity contribution < 1.29 is 13.9 Å². The van der Waals surface area contributed by atoms with E-state index in [-0.39, 0.29) is 18.1 Å². The molecule has 4 heterocycles. The molecule has 1 amide bonds. The van der Waals surface area contributed by atoms with Gasteiger partial charge >= 0.3 is 0 Å². The number of hydrogen-bond donors (Lipinski definition) is 0. The van der Waals surface area contributed by atoms with Crippen LogP contribution >= 0.6 is 0 Å². The summed E-state index contributed by atoms with van der Waals surface area (Å²) in [6, 6.07) is 9.82. The summed E-state index contributed by atoms with van der Waals surface area (Å²) in [7, 11) is 1.78. The van der Waals surface area contributed by atoms with Gasteiger partial charge in [-0.3, -0.25) is 14.7 Å². The molecular formula is C20H25N3O3. The summed E-state index contributed by atoms with van der Waals surface area (Å²) in [5, 5.41) is 0. The molecule has 0 saturated carbocycles. The molecule has 0 aromatic carbocycles. The Hall–Kier alpha value is -2.18. The van der Waals surface area contributed by atoms with Crippen LogP contribution in [-0.2, 0) is 22.5 Å². The third kappa shape index (κ3) is 3.52. The summed E-state index contributed by atoms with van der Waals surface area (Å²) in [4.78, 5) is 21.7. The number of methoxy groups -OCH3 is 1. The molecule has 0 bridgehead atoms. The fourth-order valence-electron chi connectivity index (χ4n) is 4.35. The lowest BCUT2D eigenvalue weighted by Gasteiger charge is -2.41. The van der Waals surface area contributed by atoms with Gasteiger partial charge in [-0.25, -0.2) is 0 Å². The molecule has 0 spiro atoms. The molecule has 2 aromatic rings. The molecule has 0 N–H and O–H groups in total. The first kappa shape index (κ1) is 17.2. The van der Waals surface area contributed by atoms with E-state index in [4.69, 9.17) is 9.15 Å². The molecule has 2 saturated heterocycles. The molecule has 0 aliphatic carbocycles. The van der Waals surface area contributed by atoms with Crippen LogP contribution in [0.25, 0.3) is 0 Å². The lowest BCUT2D eigenvalue weighted by Crippen LogP contribution is -2.54. The minimum atomic E-state index is 0.160. The Kier molecular flexibility index (Phi) is 5.04. The average molecular weight is 355 g/mol. The third-order valence-corrected chi connectivity index (χ3v) is 5.58. The normalized spacial score (nSPS) is 26.0. The first-order chi connectivity index (χ1) is 12.7. The Morgan fingerprint density at radius 3 is 2.96 bits per heavy atom. The largest absolute Gasteiger partial charge is 0.468 e. The molecule has 4 rings (SSSR count). The highest BCUT2D eigenvalue weighted by atomic mass is 16.5. The highest BCUT2D eigenvalue weighted by Gasteiger charge is 2.45. The van der Waals surface area contributed by atoms with Crippen LogP contribution in [0.3, 0.4) is 0 Å². The van der Waals surface area contributed by atoms with Gasteiger partial charge in [0.05, 0.1) is 31.4 Å². The third-order valence-electron chi connectivity index (χ3n) is 5.58. The Morgan fingerprint density at radius 2 is 2.23 bits per heavy atom. The zero-order valence-corrected chi connectivity index (χ0v) is 15.1. The standard InChI is InChI=1S/C20H25N3O3/c1-25-19-7-9-23(20(24)11-15-5-2-3-8-21-15)18-14-22(13-17(18)19)12-16-6-4-10-26-16/h2-6,8,10,17-19H,7,9,11-14H2,1H3/t17-,18+,19-/m1/s1. The maximum absolute atomic E-state index is 12.9. The number of ether oxygens (including phenoxy) is 1. The number of carbonyl (C=O) groups is 1. The second kappa shape index (κ2) is 7.60. The second-order valence-electron chi connectivity index (χ2n) is 7.15. The number of piperidine rings is 1. The first-order valence-corrected chi connectivity index (χ1v) is 9.21. The molecular weight excluding hydrogens is 330 g/mol. The highest BCUT2D eigenvalue weighted by Crippen LogP contribution is 2.33. The number of furan rings is 1. The van der Waals surface area contributed by atoms with E-state index >= 15 is 0 Å². The van der Waals surface area contributed by atoms with Gasteiger partial charge in [0, 0.05) is 44.6 Å². The Balaban J connectivity index is 1.47. The molecule has 3 atom stereocenters.